The molecule has 1 nitrogen and oxygen atoms in total. The first kappa shape index (κ1) is 13.7. The van der Waals surface area contributed by atoms with Crippen LogP contribution in [-0.4, -0.2) is 5.11 Å². The zero-order valence-electron chi connectivity index (χ0n) is 11.0. The van der Waals surface area contributed by atoms with Crippen molar-refractivity contribution in [2.24, 2.45) is 0 Å². The van der Waals surface area contributed by atoms with Crippen molar-refractivity contribution in [2.45, 2.75) is 25.9 Å². The number of aliphatic hydroxyl groups is 1. The summed E-state index contributed by atoms with van der Waals surface area (Å²) in [6, 6.07) is 10.6. The molecule has 2 rings (SSSR count). The van der Waals surface area contributed by atoms with Gasteiger partial charge in [-0.05, 0) is 48.7 Å². The summed E-state index contributed by atoms with van der Waals surface area (Å²) in [5, 5.41) is 10.5. The van der Waals surface area contributed by atoms with E-state index in [4.69, 9.17) is 0 Å². The Morgan fingerprint density at radius 3 is 2.26 bits per heavy atom. The number of aryl methyl sites for hydroxylation is 1. The van der Waals surface area contributed by atoms with Crippen LogP contribution in [0, 0.1) is 18.6 Å². The van der Waals surface area contributed by atoms with Crippen molar-refractivity contribution in [1.29, 1.82) is 0 Å². The molecule has 19 heavy (non-hydrogen) atoms. The molecule has 0 amide bonds. The van der Waals surface area contributed by atoms with Crippen LogP contribution in [0.15, 0.2) is 42.5 Å². The van der Waals surface area contributed by atoms with Gasteiger partial charge in [-0.25, -0.2) is 8.78 Å². The van der Waals surface area contributed by atoms with Gasteiger partial charge < -0.3 is 5.11 Å². The summed E-state index contributed by atoms with van der Waals surface area (Å²) in [6.45, 7) is 3.33. The summed E-state index contributed by atoms with van der Waals surface area (Å²) in [7, 11) is 0. The van der Waals surface area contributed by atoms with E-state index in [1.165, 1.54) is 18.2 Å². The quantitative estimate of drug-likeness (QED) is 0.893. The summed E-state index contributed by atoms with van der Waals surface area (Å²) in [5.74, 6) is -0.595. The molecule has 0 saturated carbocycles. The molecule has 1 unspecified atom stereocenters. The summed E-state index contributed by atoms with van der Waals surface area (Å²) in [5.41, 5.74) is 0.858. The minimum Gasteiger partial charge on any atom is -0.385 e. The minimum atomic E-state index is -1.11. The highest BCUT2D eigenvalue weighted by atomic mass is 19.1. The fraction of sp³-hybridized carbons (Fsp3) is 0.250. The molecule has 0 bridgehead atoms. The van der Waals surface area contributed by atoms with Crippen molar-refractivity contribution >= 4 is 0 Å². The lowest BCUT2D eigenvalue weighted by molar-refractivity contribution is 0.0575. The molecular weight excluding hydrogens is 246 g/mol. The number of halogens is 2. The fourth-order valence-corrected chi connectivity index (χ4v) is 2.08. The maximum atomic E-state index is 13.2. The normalized spacial score (nSPS) is 14.2. The van der Waals surface area contributed by atoms with Gasteiger partial charge in [0, 0.05) is 6.42 Å². The highest BCUT2D eigenvalue weighted by Crippen LogP contribution is 2.26. The minimum absolute atomic E-state index is 0.290. The molecule has 0 aliphatic rings. The van der Waals surface area contributed by atoms with Gasteiger partial charge in [0.2, 0.25) is 0 Å². The van der Waals surface area contributed by atoms with Crippen LogP contribution in [0.2, 0.25) is 0 Å². The Kier molecular flexibility index (Phi) is 3.67. The SMILES string of the molecule is Cc1cc(C(C)(O)Cc2ccc(F)cc2)ccc1F. The molecule has 2 aromatic rings. The Labute approximate surface area is 111 Å². The van der Waals surface area contributed by atoms with Crippen LogP contribution in [0.1, 0.15) is 23.6 Å². The van der Waals surface area contributed by atoms with Crippen LogP contribution < -0.4 is 0 Å². The Morgan fingerprint density at radius 1 is 1.05 bits per heavy atom. The van der Waals surface area contributed by atoms with Crippen LogP contribution in [0.25, 0.3) is 0 Å². The number of hydrogen-bond donors (Lipinski definition) is 1. The van der Waals surface area contributed by atoms with Gasteiger partial charge in [-0.3, -0.25) is 0 Å². The lowest BCUT2D eigenvalue weighted by Gasteiger charge is -2.24. The molecule has 0 aromatic heterocycles. The second kappa shape index (κ2) is 5.10. The molecule has 2 aromatic carbocycles. The third-order valence-electron chi connectivity index (χ3n) is 3.24. The third kappa shape index (κ3) is 3.18. The lowest BCUT2D eigenvalue weighted by Crippen LogP contribution is -2.24. The van der Waals surface area contributed by atoms with E-state index in [-0.39, 0.29) is 11.6 Å². The molecule has 3 heteroatoms. The number of hydrogen-bond acceptors (Lipinski definition) is 1. The van der Waals surface area contributed by atoms with E-state index < -0.39 is 5.60 Å². The first-order chi connectivity index (χ1) is 8.88. The van der Waals surface area contributed by atoms with Gasteiger partial charge in [-0.1, -0.05) is 24.3 Å². The maximum absolute atomic E-state index is 13.2. The first-order valence-corrected chi connectivity index (χ1v) is 6.12. The largest absolute Gasteiger partial charge is 0.385 e. The summed E-state index contributed by atoms with van der Waals surface area (Å²) < 4.78 is 26.1. The van der Waals surface area contributed by atoms with Gasteiger partial charge in [-0.2, -0.15) is 0 Å². The second-order valence-electron chi connectivity index (χ2n) is 5.04. The molecule has 0 saturated heterocycles. The van der Waals surface area contributed by atoms with Crippen LogP contribution in [0.4, 0.5) is 8.78 Å². The van der Waals surface area contributed by atoms with Gasteiger partial charge in [0.05, 0.1) is 5.60 Å². The van der Waals surface area contributed by atoms with Crippen molar-refractivity contribution in [3.63, 3.8) is 0 Å². The number of rotatable bonds is 3. The molecule has 0 heterocycles. The fourth-order valence-electron chi connectivity index (χ4n) is 2.08. The maximum Gasteiger partial charge on any atom is 0.126 e. The average Bonchev–Trinajstić information content (AvgIpc) is 2.35. The molecule has 0 aliphatic carbocycles. The molecule has 0 radical (unpaired) electrons. The first-order valence-electron chi connectivity index (χ1n) is 6.12. The van der Waals surface area contributed by atoms with Gasteiger partial charge in [-0.15, -0.1) is 0 Å². The molecule has 1 atom stereocenters. The van der Waals surface area contributed by atoms with E-state index in [0.29, 0.717) is 17.5 Å². The highest BCUT2D eigenvalue weighted by Gasteiger charge is 2.24. The monoisotopic (exact) mass is 262 g/mol. The summed E-state index contributed by atoms with van der Waals surface area (Å²) in [4.78, 5) is 0. The summed E-state index contributed by atoms with van der Waals surface area (Å²) in [6.07, 6.45) is 0.346. The van der Waals surface area contributed by atoms with Crippen molar-refractivity contribution in [1.82, 2.24) is 0 Å². The molecule has 1 N–H and O–H groups in total. The molecule has 100 valence electrons. The molecule has 0 fully saturated rings. The van der Waals surface area contributed by atoms with Gasteiger partial charge in [0.15, 0.2) is 0 Å². The average molecular weight is 262 g/mol. The zero-order valence-corrected chi connectivity index (χ0v) is 11.0. The Morgan fingerprint density at radius 2 is 1.68 bits per heavy atom. The van der Waals surface area contributed by atoms with Crippen molar-refractivity contribution in [3.8, 4) is 0 Å². The second-order valence-corrected chi connectivity index (χ2v) is 5.04. The van der Waals surface area contributed by atoms with Crippen LogP contribution in [0.5, 0.6) is 0 Å². The topological polar surface area (TPSA) is 20.2 Å². The highest BCUT2D eigenvalue weighted by molar-refractivity contribution is 5.30. The predicted molar refractivity (Wildman–Crippen MR) is 70.8 cm³/mol. The van der Waals surface area contributed by atoms with Crippen LogP contribution >= 0.6 is 0 Å². The summed E-state index contributed by atoms with van der Waals surface area (Å²) >= 11 is 0. The smallest absolute Gasteiger partial charge is 0.126 e. The van der Waals surface area contributed by atoms with Gasteiger partial charge in [0.25, 0.3) is 0 Å². The van der Waals surface area contributed by atoms with Crippen LogP contribution in [-0.2, 0) is 12.0 Å². The number of benzene rings is 2. The third-order valence-corrected chi connectivity index (χ3v) is 3.24. The van der Waals surface area contributed by atoms with E-state index in [2.05, 4.69) is 0 Å². The predicted octanol–water partition coefficient (Wildman–Crippen LogP) is 3.72. The zero-order chi connectivity index (χ0) is 14.0. The van der Waals surface area contributed by atoms with E-state index >= 15 is 0 Å². The Hall–Kier alpha value is -1.74. The van der Waals surface area contributed by atoms with E-state index in [1.54, 1.807) is 38.1 Å². The Balaban J connectivity index is 2.26. The van der Waals surface area contributed by atoms with Crippen LogP contribution in [0.3, 0.4) is 0 Å². The molecule has 0 aliphatic heterocycles. The Bertz CT molecular complexity index is 574. The van der Waals surface area contributed by atoms with Gasteiger partial charge in [0.1, 0.15) is 11.6 Å². The van der Waals surface area contributed by atoms with Crippen molar-refractivity contribution in [3.05, 3.63) is 70.8 Å². The van der Waals surface area contributed by atoms with Crippen molar-refractivity contribution in [2.75, 3.05) is 0 Å². The molecule has 0 spiro atoms. The van der Waals surface area contributed by atoms with Crippen molar-refractivity contribution < 1.29 is 13.9 Å². The van der Waals surface area contributed by atoms with Gasteiger partial charge >= 0.3 is 0 Å². The standard InChI is InChI=1S/C16H16F2O/c1-11-9-13(5-8-15(11)18)16(2,19)10-12-3-6-14(17)7-4-12/h3-9,19H,10H2,1-2H3. The van der Waals surface area contributed by atoms with E-state index in [9.17, 15) is 13.9 Å². The lowest BCUT2D eigenvalue weighted by atomic mass is 9.88. The molecular formula is C16H16F2O. The van der Waals surface area contributed by atoms with E-state index in [1.807, 2.05) is 0 Å². The van der Waals surface area contributed by atoms with E-state index in [0.717, 1.165) is 5.56 Å².